The summed E-state index contributed by atoms with van der Waals surface area (Å²) in [6.45, 7) is 6.88. The maximum Gasteiger partial charge on any atom is 0.313 e. The zero-order chi connectivity index (χ0) is 17.7. The molecule has 0 saturated heterocycles. The summed E-state index contributed by atoms with van der Waals surface area (Å²) >= 11 is 3.36. The van der Waals surface area contributed by atoms with Gasteiger partial charge in [-0.15, -0.1) is 0 Å². The SMILES string of the molecule is CCC(C)(C)C1CCC(NC(=O)C(=O)Nc2ccccc2Br)CC1. The fourth-order valence-corrected chi connectivity index (χ4v) is 3.68. The minimum atomic E-state index is -0.613. The topological polar surface area (TPSA) is 58.2 Å². The van der Waals surface area contributed by atoms with Crippen LogP contribution in [0.5, 0.6) is 0 Å². The molecule has 5 heteroatoms. The molecule has 1 aliphatic rings. The summed E-state index contributed by atoms with van der Waals surface area (Å²) in [5.41, 5.74) is 0.956. The maximum absolute atomic E-state index is 12.1. The van der Waals surface area contributed by atoms with E-state index in [0.717, 1.165) is 30.2 Å². The first-order valence-electron chi connectivity index (χ1n) is 8.70. The van der Waals surface area contributed by atoms with Crippen LogP contribution in [-0.2, 0) is 9.59 Å². The lowest BCUT2D eigenvalue weighted by Crippen LogP contribution is -2.44. The summed E-state index contributed by atoms with van der Waals surface area (Å²) < 4.78 is 0.758. The Hall–Kier alpha value is -1.36. The van der Waals surface area contributed by atoms with Gasteiger partial charge in [-0.1, -0.05) is 39.3 Å². The summed E-state index contributed by atoms with van der Waals surface area (Å²) in [4.78, 5) is 24.2. The first-order chi connectivity index (χ1) is 11.3. The van der Waals surface area contributed by atoms with Crippen LogP contribution in [0.2, 0.25) is 0 Å². The highest BCUT2D eigenvalue weighted by molar-refractivity contribution is 9.10. The Bertz CT molecular complexity index is 593. The summed E-state index contributed by atoms with van der Waals surface area (Å²) in [7, 11) is 0. The van der Waals surface area contributed by atoms with Crippen molar-refractivity contribution in [3.8, 4) is 0 Å². The lowest BCUT2D eigenvalue weighted by molar-refractivity contribution is -0.136. The minimum Gasteiger partial charge on any atom is -0.345 e. The van der Waals surface area contributed by atoms with E-state index in [4.69, 9.17) is 0 Å². The molecule has 24 heavy (non-hydrogen) atoms. The van der Waals surface area contributed by atoms with Crippen LogP contribution in [0.25, 0.3) is 0 Å². The highest BCUT2D eigenvalue weighted by Gasteiger charge is 2.32. The number of para-hydroxylation sites is 1. The molecule has 0 radical (unpaired) electrons. The molecule has 0 bridgehead atoms. The van der Waals surface area contributed by atoms with Crippen molar-refractivity contribution < 1.29 is 9.59 Å². The van der Waals surface area contributed by atoms with Crippen LogP contribution in [0.1, 0.15) is 52.9 Å². The fraction of sp³-hybridized carbons (Fsp3) is 0.579. The van der Waals surface area contributed by atoms with Crippen LogP contribution in [-0.4, -0.2) is 17.9 Å². The molecule has 0 aliphatic heterocycles. The Kier molecular flexibility index (Phi) is 6.44. The molecule has 0 heterocycles. The zero-order valence-electron chi connectivity index (χ0n) is 14.7. The van der Waals surface area contributed by atoms with E-state index < -0.39 is 11.8 Å². The van der Waals surface area contributed by atoms with Gasteiger partial charge in [-0.05, 0) is 65.1 Å². The number of carbonyl (C=O) groups is 2. The fourth-order valence-electron chi connectivity index (χ4n) is 3.30. The van der Waals surface area contributed by atoms with E-state index in [1.807, 2.05) is 18.2 Å². The molecule has 4 nitrogen and oxygen atoms in total. The number of anilines is 1. The van der Waals surface area contributed by atoms with Crippen molar-refractivity contribution in [2.24, 2.45) is 11.3 Å². The second kappa shape index (κ2) is 8.15. The van der Waals surface area contributed by atoms with Crippen molar-refractivity contribution in [1.82, 2.24) is 5.32 Å². The summed E-state index contributed by atoms with van der Waals surface area (Å²) in [5, 5.41) is 5.53. The Labute approximate surface area is 152 Å². The smallest absolute Gasteiger partial charge is 0.313 e. The van der Waals surface area contributed by atoms with E-state index in [2.05, 4.69) is 47.3 Å². The van der Waals surface area contributed by atoms with Crippen molar-refractivity contribution in [3.63, 3.8) is 0 Å². The molecule has 132 valence electrons. The van der Waals surface area contributed by atoms with Crippen LogP contribution in [0.3, 0.4) is 0 Å². The average molecular weight is 395 g/mol. The van der Waals surface area contributed by atoms with E-state index in [-0.39, 0.29) is 6.04 Å². The molecule has 0 aromatic heterocycles. The number of amides is 2. The molecular formula is C19H27BrN2O2. The van der Waals surface area contributed by atoms with Gasteiger partial charge in [0, 0.05) is 10.5 Å². The lowest BCUT2D eigenvalue weighted by Gasteiger charge is -2.39. The quantitative estimate of drug-likeness (QED) is 0.738. The van der Waals surface area contributed by atoms with E-state index in [1.165, 1.54) is 6.42 Å². The zero-order valence-corrected chi connectivity index (χ0v) is 16.3. The van der Waals surface area contributed by atoms with Crippen LogP contribution < -0.4 is 10.6 Å². The lowest BCUT2D eigenvalue weighted by atomic mass is 9.69. The largest absolute Gasteiger partial charge is 0.345 e. The van der Waals surface area contributed by atoms with Gasteiger partial charge in [0.2, 0.25) is 0 Å². The summed E-state index contributed by atoms with van der Waals surface area (Å²) in [6.07, 6.45) is 5.28. The van der Waals surface area contributed by atoms with Gasteiger partial charge in [0.15, 0.2) is 0 Å². The molecule has 2 N–H and O–H groups in total. The summed E-state index contributed by atoms with van der Waals surface area (Å²) in [6, 6.07) is 7.36. The third-order valence-electron chi connectivity index (χ3n) is 5.41. The molecule has 1 aliphatic carbocycles. The number of carbonyl (C=O) groups excluding carboxylic acids is 2. The monoisotopic (exact) mass is 394 g/mol. The number of halogens is 1. The molecule has 1 saturated carbocycles. The maximum atomic E-state index is 12.1. The van der Waals surface area contributed by atoms with Gasteiger partial charge in [0.1, 0.15) is 0 Å². The second-order valence-electron chi connectivity index (χ2n) is 7.30. The molecule has 1 aromatic rings. The predicted octanol–water partition coefficient (Wildman–Crippen LogP) is 4.50. The minimum absolute atomic E-state index is 0.103. The van der Waals surface area contributed by atoms with Crippen LogP contribution in [0.4, 0.5) is 5.69 Å². The number of nitrogens with one attached hydrogen (secondary N) is 2. The van der Waals surface area contributed by atoms with E-state index in [1.54, 1.807) is 6.07 Å². The normalized spacial score (nSPS) is 21.2. The van der Waals surface area contributed by atoms with Gasteiger partial charge in [-0.25, -0.2) is 0 Å². The Morgan fingerprint density at radius 2 is 1.75 bits per heavy atom. The van der Waals surface area contributed by atoms with Crippen molar-refractivity contribution in [1.29, 1.82) is 0 Å². The Morgan fingerprint density at radius 3 is 2.33 bits per heavy atom. The number of benzene rings is 1. The van der Waals surface area contributed by atoms with Gasteiger partial charge in [0.25, 0.3) is 0 Å². The Balaban J connectivity index is 1.83. The second-order valence-corrected chi connectivity index (χ2v) is 8.15. The molecule has 1 fully saturated rings. The van der Waals surface area contributed by atoms with Crippen LogP contribution >= 0.6 is 15.9 Å². The van der Waals surface area contributed by atoms with Crippen molar-refractivity contribution in [2.45, 2.75) is 58.9 Å². The average Bonchev–Trinajstić information content (AvgIpc) is 2.57. The first-order valence-corrected chi connectivity index (χ1v) is 9.49. The van der Waals surface area contributed by atoms with Gasteiger partial charge in [-0.2, -0.15) is 0 Å². The highest BCUT2D eigenvalue weighted by Crippen LogP contribution is 2.40. The van der Waals surface area contributed by atoms with E-state index >= 15 is 0 Å². The van der Waals surface area contributed by atoms with E-state index in [9.17, 15) is 9.59 Å². The van der Waals surface area contributed by atoms with Gasteiger partial charge < -0.3 is 10.6 Å². The molecule has 0 spiro atoms. The highest BCUT2D eigenvalue weighted by atomic mass is 79.9. The molecule has 2 rings (SSSR count). The Morgan fingerprint density at radius 1 is 1.12 bits per heavy atom. The molecule has 2 amide bonds. The third kappa shape index (κ3) is 4.82. The van der Waals surface area contributed by atoms with Crippen molar-refractivity contribution in [2.75, 3.05) is 5.32 Å². The first kappa shape index (κ1) is 19.0. The molecular weight excluding hydrogens is 368 g/mol. The standard InChI is InChI=1S/C19H27BrN2O2/c1-4-19(2,3)13-9-11-14(12-10-13)21-17(23)18(24)22-16-8-6-5-7-15(16)20/h5-8,13-14H,4,9-12H2,1-3H3,(H,21,23)(H,22,24). The van der Waals surface area contributed by atoms with Crippen molar-refractivity contribution >= 4 is 33.4 Å². The van der Waals surface area contributed by atoms with Crippen LogP contribution in [0.15, 0.2) is 28.7 Å². The molecule has 1 aromatic carbocycles. The molecule has 0 atom stereocenters. The van der Waals surface area contributed by atoms with Crippen LogP contribution in [0, 0.1) is 11.3 Å². The molecule has 0 unspecified atom stereocenters. The van der Waals surface area contributed by atoms with Gasteiger partial charge in [0.05, 0.1) is 5.69 Å². The van der Waals surface area contributed by atoms with Gasteiger partial charge >= 0.3 is 11.8 Å². The predicted molar refractivity (Wildman–Crippen MR) is 101 cm³/mol. The van der Waals surface area contributed by atoms with E-state index in [0.29, 0.717) is 17.0 Å². The van der Waals surface area contributed by atoms with Crippen molar-refractivity contribution in [3.05, 3.63) is 28.7 Å². The van der Waals surface area contributed by atoms with Gasteiger partial charge in [-0.3, -0.25) is 9.59 Å². The number of hydrogen-bond donors (Lipinski definition) is 2. The number of hydrogen-bond acceptors (Lipinski definition) is 2. The third-order valence-corrected chi connectivity index (χ3v) is 6.10. The number of rotatable bonds is 4. The summed E-state index contributed by atoms with van der Waals surface area (Å²) in [5.74, 6) is -0.466.